The van der Waals surface area contributed by atoms with Crippen LogP contribution >= 0.6 is 0 Å². The van der Waals surface area contributed by atoms with Crippen LogP contribution in [0.2, 0.25) is 0 Å². The number of benzene rings is 1. The van der Waals surface area contributed by atoms with Gasteiger partial charge in [0.25, 0.3) is 0 Å². The summed E-state index contributed by atoms with van der Waals surface area (Å²) in [6, 6.07) is 5.14. The minimum Gasteiger partial charge on any atom is -0.478 e. The summed E-state index contributed by atoms with van der Waals surface area (Å²) in [5, 5.41) is 12.9. The number of nitrogens with two attached hydrogens (primary N) is 1. The highest BCUT2D eigenvalue weighted by atomic mass is 32.2. The summed E-state index contributed by atoms with van der Waals surface area (Å²) in [7, 11) is -2.12. The molecule has 0 amide bonds. The predicted molar refractivity (Wildman–Crippen MR) is 75.0 cm³/mol. The van der Waals surface area contributed by atoms with Gasteiger partial charge >= 0.3 is 5.97 Å². The first-order chi connectivity index (χ1) is 9.79. The van der Waals surface area contributed by atoms with E-state index >= 15 is 0 Å². The molecule has 1 aromatic carbocycles. The number of anilines is 1. The molecule has 4 N–H and O–H groups in total. The van der Waals surface area contributed by atoms with Gasteiger partial charge in [0.2, 0.25) is 10.0 Å². The number of carboxylic acids is 1. The average Bonchev–Trinajstić information content (AvgIpc) is 2.82. The fourth-order valence-corrected chi connectivity index (χ4v) is 2.84. The molecule has 21 heavy (non-hydrogen) atoms. The van der Waals surface area contributed by atoms with Gasteiger partial charge in [-0.2, -0.15) is 5.10 Å². The van der Waals surface area contributed by atoms with Gasteiger partial charge in [-0.15, -0.1) is 0 Å². The topological polar surface area (TPSA) is 127 Å². The van der Waals surface area contributed by atoms with E-state index in [1.54, 1.807) is 24.0 Å². The minimum atomic E-state index is -3.84. The summed E-state index contributed by atoms with van der Waals surface area (Å²) in [4.78, 5) is 10.6. The molecule has 1 aromatic heterocycles. The van der Waals surface area contributed by atoms with Gasteiger partial charge in [-0.05, 0) is 24.3 Å². The zero-order valence-corrected chi connectivity index (χ0v) is 12.0. The molecule has 112 valence electrons. The molecule has 0 radical (unpaired) electrons. The Bertz CT molecular complexity index is 782. The van der Waals surface area contributed by atoms with Gasteiger partial charge in [0.15, 0.2) is 0 Å². The molecule has 0 bridgehead atoms. The Kier molecular flexibility index (Phi) is 3.96. The number of nitrogens with one attached hydrogen (secondary N) is 1. The van der Waals surface area contributed by atoms with E-state index in [-0.39, 0.29) is 22.7 Å². The lowest BCUT2D eigenvalue weighted by molar-refractivity contribution is 0.0697. The third-order valence-corrected chi connectivity index (χ3v) is 4.23. The van der Waals surface area contributed by atoms with E-state index in [4.69, 9.17) is 10.8 Å². The molecule has 0 fully saturated rings. The SMILES string of the molecule is Cn1ccc(CNS(=O)(=O)c2ccc(C(=O)O)cc2N)n1. The summed E-state index contributed by atoms with van der Waals surface area (Å²) in [5.41, 5.74) is 5.98. The van der Waals surface area contributed by atoms with Gasteiger partial charge in [-0.3, -0.25) is 4.68 Å². The molecule has 1 heterocycles. The Hall–Kier alpha value is -2.39. The Balaban J connectivity index is 2.21. The van der Waals surface area contributed by atoms with Crippen molar-refractivity contribution in [3.63, 3.8) is 0 Å². The number of rotatable bonds is 5. The van der Waals surface area contributed by atoms with Crippen molar-refractivity contribution >= 4 is 21.7 Å². The number of hydrogen-bond acceptors (Lipinski definition) is 5. The molecule has 2 rings (SSSR count). The number of carboxylic acid groups (broad SMARTS) is 1. The standard InChI is InChI=1S/C12H14N4O4S/c1-16-5-4-9(15-16)7-14-21(19,20)11-3-2-8(12(17)18)6-10(11)13/h2-6,14H,7,13H2,1H3,(H,17,18). The van der Waals surface area contributed by atoms with Crippen LogP contribution in [-0.2, 0) is 23.6 Å². The average molecular weight is 310 g/mol. The van der Waals surface area contributed by atoms with Gasteiger partial charge in [-0.1, -0.05) is 0 Å². The van der Waals surface area contributed by atoms with Crippen LogP contribution in [0.25, 0.3) is 0 Å². The number of carbonyl (C=O) groups is 1. The second-order valence-corrected chi connectivity index (χ2v) is 6.10. The zero-order chi connectivity index (χ0) is 15.6. The van der Waals surface area contributed by atoms with E-state index in [9.17, 15) is 13.2 Å². The van der Waals surface area contributed by atoms with Gasteiger partial charge in [0, 0.05) is 13.2 Å². The molecule has 0 aliphatic carbocycles. The summed E-state index contributed by atoms with van der Waals surface area (Å²) < 4.78 is 28.2. The third-order valence-electron chi connectivity index (χ3n) is 2.76. The molecule has 0 atom stereocenters. The van der Waals surface area contributed by atoms with Crippen molar-refractivity contribution in [2.75, 3.05) is 5.73 Å². The van der Waals surface area contributed by atoms with E-state index in [2.05, 4.69) is 9.82 Å². The monoisotopic (exact) mass is 310 g/mol. The summed E-state index contributed by atoms with van der Waals surface area (Å²) >= 11 is 0. The number of sulfonamides is 1. The highest BCUT2D eigenvalue weighted by molar-refractivity contribution is 7.89. The molecule has 0 saturated carbocycles. The Morgan fingerprint density at radius 3 is 2.67 bits per heavy atom. The van der Waals surface area contributed by atoms with Crippen LogP contribution < -0.4 is 10.5 Å². The predicted octanol–water partition coefficient (Wildman–Crippen LogP) is 0.179. The van der Waals surface area contributed by atoms with E-state index in [1.807, 2.05) is 0 Å². The normalized spacial score (nSPS) is 11.5. The van der Waals surface area contributed by atoms with Crippen molar-refractivity contribution in [1.82, 2.24) is 14.5 Å². The molecular formula is C12H14N4O4S. The number of aryl methyl sites for hydroxylation is 1. The number of hydrogen-bond donors (Lipinski definition) is 3. The maximum absolute atomic E-state index is 12.1. The molecule has 8 nitrogen and oxygen atoms in total. The van der Waals surface area contributed by atoms with Crippen LogP contribution in [0.3, 0.4) is 0 Å². The van der Waals surface area contributed by atoms with Crippen LogP contribution in [0, 0.1) is 0 Å². The molecule has 0 aliphatic heterocycles. The molecule has 0 unspecified atom stereocenters. The molecule has 0 saturated heterocycles. The first kappa shape index (κ1) is 15.0. The van der Waals surface area contributed by atoms with Gasteiger partial charge in [0.1, 0.15) is 4.90 Å². The number of nitrogen functional groups attached to an aromatic ring is 1. The second-order valence-electron chi connectivity index (χ2n) is 4.36. The van der Waals surface area contributed by atoms with Gasteiger partial charge in [0.05, 0.1) is 23.5 Å². The van der Waals surface area contributed by atoms with Gasteiger partial charge in [-0.25, -0.2) is 17.9 Å². The Labute approximate surface area is 121 Å². The summed E-state index contributed by atoms with van der Waals surface area (Å²) in [5.74, 6) is -1.17. The lowest BCUT2D eigenvalue weighted by Gasteiger charge is -2.08. The first-order valence-electron chi connectivity index (χ1n) is 5.90. The number of nitrogens with zero attached hydrogens (tertiary/aromatic N) is 2. The number of aromatic nitrogens is 2. The van der Waals surface area contributed by atoms with Crippen molar-refractivity contribution in [3.8, 4) is 0 Å². The largest absolute Gasteiger partial charge is 0.478 e. The number of aromatic carboxylic acids is 1. The molecule has 2 aromatic rings. The van der Waals surface area contributed by atoms with Crippen LogP contribution in [0.1, 0.15) is 16.1 Å². The summed E-state index contributed by atoms with van der Waals surface area (Å²) in [6.45, 7) is 0.0172. The maximum Gasteiger partial charge on any atom is 0.335 e. The van der Waals surface area contributed by atoms with E-state index in [0.29, 0.717) is 5.69 Å². The van der Waals surface area contributed by atoms with Crippen molar-refractivity contribution in [2.45, 2.75) is 11.4 Å². The molecular weight excluding hydrogens is 296 g/mol. The summed E-state index contributed by atoms with van der Waals surface area (Å²) in [6.07, 6.45) is 1.69. The van der Waals surface area contributed by atoms with Crippen LogP contribution in [0.5, 0.6) is 0 Å². The van der Waals surface area contributed by atoms with Crippen molar-refractivity contribution in [1.29, 1.82) is 0 Å². The lowest BCUT2D eigenvalue weighted by Crippen LogP contribution is -2.24. The zero-order valence-electron chi connectivity index (χ0n) is 11.1. The van der Waals surface area contributed by atoms with Crippen LogP contribution in [0.15, 0.2) is 35.4 Å². The van der Waals surface area contributed by atoms with Gasteiger partial charge < -0.3 is 10.8 Å². The van der Waals surface area contributed by atoms with Crippen molar-refractivity contribution in [3.05, 3.63) is 41.7 Å². The maximum atomic E-state index is 12.1. The fraction of sp³-hybridized carbons (Fsp3) is 0.167. The van der Waals surface area contributed by atoms with E-state index in [1.165, 1.54) is 12.1 Å². The molecule has 0 aliphatic rings. The molecule has 0 spiro atoms. The Morgan fingerprint density at radius 1 is 1.43 bits per heavy atom. The first-order valence-corrected chi connectivity index (χ1v) is 7.39. The lowest BCUT2D eigenvalue weighted by atomic mass is 10.2. The van der Waals surface area contributed by atoms with Crippen LogP contribution in [-0.4, -0.2) is 29.3 Å². The smallest absolute Gasteiger partial charge is 0.335 e. The van der Waals surface area contributed by atoms with E-state index in [0.717, 1.165) is 6.07 Å². The fourth-order valence-electron chi connectivity index (χ4n) is 1.73. The third kappa shape index (κ3) is 3.38. The van der Waals surface area contributed by atoms with Crippen LogP contribution in [0.4, 0.5) is 5.69 Å². The highest BCUT2D eigenvalue weighted by Gasteiger charge is 2.19. The van der Waals surface area contributed by atoms with E-state index < -0.39 is 16.0 Å². The van der Waals surface area contributed by atoms with Crippen molar-refractivity contribution < 1.29 is 18.3 Å². The molecule has 9 heteroatoms. The Morgan fingerprint density at radius 2 is 2.14 bits per heavy atom. The second kappa shape index (κ2) is 5.54. The minimum absolute atomic E-state index is 0.0172. The van der Waals surface area contributed by atoms with Crippen molar-refractivity contribution in [2.24, 2.45) is 7.05 Å². The highest BCUT2D eigenvalue weighted by Crippen LogP contribution is 2.20. The quantitative estimate of drug-likeness (QED) is 0.676.